The number of hydrogen-bond acceptors (Lipinski definition) is 3. The van der Waals surface area contributed by atoms with Gasteiger partial charge in [-0.3, -0.25) is 14.3 Å². The molecule has 0 saturated heterocycles. The molecule has 7 heteroatoms. The average molecular weight is 345 g/mol. The molecular weight excluding hydrogens is 325 g/mol. The Morgan fingerprint density at radius 3 is 2.56 bits per heavy atom. The molecule has 25 heavy (non-hydrogen) atoms. The molecule has 0 aliphatic heterocycles. The standard InChI is InChI=1S/C18H20FN3O3/c19-13-7-5-12(6-8-13)16(11-17(23)24)20-18(25)15-9-10-22(21-15)14-3-1-2-4-14/h5-10,14,16H,1-4,11H2,(H,20,25)(H,23,24)/t16-/m1/s1. The van der Waals surface area contributed by atoms with Gasteiger partial charge in [-0.15, -0.1) is 0 Å². The molecule has 3 rings (SSSR count). The Hall–Kier alpha value is -2.70. The zero-order chi connectivity index (χ0) is 17.8. The maximum Gasteiger partial charge on any atom is 0.305 e. The van der Waals surface area contributed by atoms with E-state index in [4.69, 9.17) is 5.11 Å². The molecule has 1 aliphatic rings. The van der Waals surface area contributed by atoms with Crippen LogP contribution in [0.15, 0.2) is 36.5 Å². The Kier molecular flexibility index (Phi) is 5.11. The van der Waals surface area contributed by atoms with Gasteiger partial charge in [0, 0.05) is 6.20 Å². The van der Waals surface area contributed by atoms with E-state index in [-0.39, 0.29) is 12.1 Å². The maximum atomic E-state index is 13.1. The monoisotopic (exact) mass is 345 g/mol. The normalized spacial score (nSPS) is 15.9. The van der Waals surface area contributed by atoms with Crippen LogP contribution in [0.1, 0.15) is 60.2 Å². The number of nitrogens with zero attached hydrogens (tertiary/aromatic N) is 2. The van der Waals surface area contributed by atoms with E-state index in [0.717, 1.165) is 25.7 Å². The summed E-state index contributed by atoms with van der Waals surface area (Å²) in [5.41, 5.74) is 0.789. The SMILES string of the molecule is O=C(O)C[C@@H](NC(=O)c1ccn(C2CCCC2)n1)c1ccc(F)cc1. The number of halogens is 1. The molecule has 1 saturated carbocycles. The summed E-state index contributed by atoms with van der Waals surface area (Å²) in [5, 5.41) is 16.1. The van der Waals surface area contributed by atoms with Crippen LogP contribution in [0.4, 0.5) is 4.39 Å². The Balaban J connectivity index is 1.73. The molecule has 0 radical (unpaired) electrons. The number of nitrogens with one attached hydrogen (secondary N) is 1. The van der Waals surface area contributed by atoms with Gasteiger partial charge in [0.1, 0.15) is 11.5 Å². The van der Waals surface area contributed by atoms with Gasteiger partial charge in [0.25, 0.3) is 5.91 Å². The van der Waals surface area contributed by atoms with Crippen molar-refractivity contribution >= 4 is 11.9 Å². The van der Waals surface area contributed by atoms with Crippen molar-refractivity contribution in [3.05, 3.63) is 53.6 Å². The molecule has 132 valence electrons. The van der Waals surface area contributed by atoms with Gasteiger partial charge < -0.3 is 10.4 Å². The summed E-state index contributed by atoms with van der Waals surface area (Å²) in [5.74, 6) is -1.90. The average Bonchev–Trinajstić information content (AvgIpc) is 3.26. The van der Waals surface area contributed by atoms with Crippen LogP contribution in [0.25, 0.3) is 0 Å². The van der Waals surface area contributed by atoms with Gasteiger partial charge in [0.05, 0.1) is 18.5 Å². The van der Waals surface area contributed by atoms with E-state index >= 15 is 0 Å². The van der Waals surface area contributed by atoms with E-state index in [0.29, 0.717) is 11.6 Å². The van der Waals surface area contributed by atoms with Crippen LogP contribution >= 0.6 is 0 Å². The van der Waals surface area contributed by atoms with Crippen molar-refractivity contribution in [2.45, 2.75) is 44.2 Å². The van der Waals surface area contributed by atoms with Crippen molar-refractivity contribution in [3.63, 3.8) is 0 Å². The summed E-state index contributed by atoms with van der Waals surface area (Å²) < 4.78 is 14.9. The van der Waals surface area contributed by atoms with E-state index in [1.165, 1.54) is 24.3 Å². The highest BCUT2D eigenvalue weighted by Crippen LogP contribution is 2.28. The van der Waals surface area contributed by atoms with Crippen LogP contribution < -0.4 is 5.32 Å². The predicted octanol–water partition coefficient (Wildman–Crippen LogP) is 3.08. The molecule has 2 N–H and O–H groups in total. The van der Waals surface area contributed by atoms with Crippen LogP contribution in [0, 0.1) is 5.82 Å². The van der Waals surface area contributed by atoms with Gasteiger partial charge >= 0.3 is 5.97 Å². The minimum absolute atomic E-state index is 0.254. The molecule has 1 fully saturated rings. The largest absolute Gasteiger partial charge is 0.481 e. The minimum atomic E-state index is -1.05. The van der Waals surface area contributed by atoms with Gasteiger partial charge in [0.15, 0.2) is 0 Å². The molecule has 1 aromatic heterocycles. The fourth-order valence-corrected chi connectivity index (χ4v) is 3.19. The number of amides is 1. The van der Waals surface area contributed by atoms with Gasteiger partial charge in [-0.05, 0) is 36.6 Å². The number of carboxylic acid groups (broad SMARTS) is 1. The maximum absolute atomic E-state index is 13.1. The smallest absolute Gasteiger partial charge is 0.305 e. The lowest BCUT2D eigenvalue weighted by molar-refractivity contribution is -0.137. The third-order valence-corrected chi connectivity index (χ3v) is 4.50. The van der Waals surface area contributed by atoms with E-state index in [1.807, 2.05) is 4.68 Å². The van der Waals surface area contributed by atoms with Gasteiger partial charge in [-0.2, -0.15) is 5.10 Å². The molecule has 1 atom stereocenters. The first-order valence-electron chi connectivity index (χ1n) is 8.36. The number of aliphatic carboxylic acids is 1. The Morgan fingerprint density at radius 1 is 1.24 bits per heavy atom. The summed E-state index contributed by atoms with van der Waals surface area (Å²) in [4.78, 5) is 23.6. The summed E-state index contributed by atoms with van der Waals surface area (Å²) >= 11 is 0. The van der Waals surface area contributed by atoms with Crippen molar-refractivity contribution in [3.8, 4) is 0 Å². The van der Waals surface area contributed by atoms with E-state index < -0.39 is 23.7 Å². The highest BCUT2D eigenvalue weighted by atomic mass is 19.1. The molecule has 1 heterocycles. The molecule has 1 aliphatic carbocycles. The van der Waals surface area contributed by atoms with Crippen LogP contribution in [0.5, 0.6) is 0 Å². The quantitative estimate of drug-likeness (QED) is 0.843. The third kappa shape index (κ3) is 4.23. The topological polar surface area (TPSA) is 84.2 Å². The fraction of sp³-hybridized carbons (Fsp3) is 0.389. The lowest BCUT2D eigenvalue weighted by Gasteiger charge is -2.17. The summed E-state index contributed by atoms with van der Waals surface area (Å²) in [6.45, 7) is 0. The molecule has 0 unspecified atom stereocenters. The predicted molar refractivity (Wildman–Crippen MR) is 88.6 cm³/mol. The second-order valence-corrected chi connectivity index (χ2v) is 6.29. The van der Waals surface area contributed by atoms with Crippen molar-refractivity contribution in [1.82, 2.24) is 15.1 Å². The molecule has 0 bridgehead atoms. The lowest BCUT2D eigenvalue weighted by atomic mass is 10.0. The van der Waals surface area contributed by atoms with Crippen LogP contribution in [0.2, 0.25) is 0 Å². The first-order chi connectivity index (χ1) is 12.0. The molecular formula is C18H20FN3O3. The van der Waals surface area contributed by atoms with Crippen molar-refractivity contribution < 1.29 is 19.1 Å². The minimum Gasteiger partial charge on any atom is -0.481 e. The molecule has 2 aromatic rings. The van der Waals surface area contributed by atoms with Gasteiger partial charge in [-0.1, -0.05) is 25.0 Å². The van der Waals surface area contributed by atoms with Gasteiger partial charge in [-0.25, -0.2) is 4.39 Å². The number of aromatic nitrogens is 2. The number of carbonyl (C=O) groups is 2. The van der Waals surface area contributed by atoms with Crippen LogP contribution in [0.3, 0.4) is 0 Å². The molecule has 0 spiro atoms. The number of rotatable bonds is 6. The van der Waals surface area contributed by atoms with Crippen molar-refractivity contribution in [1.29, 1.82) is 0 Å². The Morgan fingerprint density at radius 2 is 1.92 bits per heavy atom. The van der Waals surface area contributed by atoms with E-state index in [1.54, 1.807) is 12.3 Å². The van der Waals surface area contributed by atoms with Crippen LogP contribution in [-0.2, 0) is 4.79 Å². The molecule has 6 nitrogen and oxygen atoms in total. The Bertz CT molecular complexity index is 751. The number of benzene rings is 1. The molecule has 1 amide bonds. The van der Waals surface area contributed by atoms with Crippen molar-refractivity contribution in [2.75, 3.05) is 0 Å². The summed E-state index contributed by atoms with van der Waals surface area (Å²) in [7, 11) is 0. The Labute approximate surface area is 144 Å². The second-order valence-electron chi connectivity index (χ2n) is 6.29. The number of hydrogen-bond donors (Lipinski definition) is 2. The van der Waals surface area contributed by atoms with E-state index in [2.05, 4.69) is 10.4 Å². The highest BCUT2D eigenvalue weighted by Gasteiger charge is 2.22. The number of carbonyl (C=O) groups excluding carboxylic acids is 1. The van der Waals surface area contributed by atoms with Gasteiger partial charge in [0.2, 0.25) is 0 Å². The fourth-order valence-electron chi connectivity index (χ4n) is 3.19. The van der Waals surface area contributed by atoms with E-state index in [9.17, 15) is 14.0 Å². The zero-order valence-electron chi connectivity index (χ0n) is 13.7. The van der Waals surface area contributed by atoms with Crippen LogP contribution in [-0.4, -0.2) is 26.8 Å². The zero-order valence-corrected chi connectivity index (χ0v) is 13.7. The number of carboxylic acids is 1. The molecule has 1 aromatic carbocycles. The third-order valence-electron chi connectivity index (χ3n) is 4.50. The highest BCUT2D eigenvalue weighted by molar-refractivity contribution is 5.92. The van der Waals surface area contributed by atoms with Crippen molar-refractivity contribution in [2.24, 2.45) is 0 Å². The summed E-state index contributed by atoms with van der Waals surface area (Å²) in [6.07, 6.45) is 5.93. The first kappa shape index (κ1) is 17.1. The first-order valence-corrected chi connectivity index (χ1v) is 8.36. The summed E-state index contributed by atoms with van der Waals surface area (Å²) in [6, 6.07) is 6.64. The lowest BCUT2D eigenvalue weighted by Crippen LogP contribution is -2.30. The second kappa shape index (κ2) is 7.46.